The van der Waals surface area contributed by atoms with Crippen LogP contribution in [-0.2, 0) is 20.4 Å². The van der Waals surface area contributed by atoms with Crippen molar-refractivity contribution in [1.29, 1.82) is 0 Å². The van der Waals surface area contributed by atoms with Crippen molar-refractivity contribution in [3.63, 3.8) is 0 Å². The summed E-state index contributed by atoms with van der Waals surface area (Å²) in [5.74, 6) is -0.357. The largest absolute Gasteiger partial charge is 0.416 e. The van der Waals surface area contributed by atoms with E-state index in [0.29, 0.717) is 19.7 Å². The predicted molar refractivity (Wildman–Crippen MR) is 85.2 cm³/mol. The van der Waals surface area contributed by atoms with Crippen molar-refractivity contribution >= 4 is 11.6 Å². The molecule has 1 spiro atoms. The van der Waals surface area contributed by atoms with E-state index in [9.17, 15) is 18.0 Å². The average Bonchev–Trinajstić information content (AvgIpc) is 3.14. The summed E-state index contributed by atoms with van der Waals surface area (Å²) in [6, 6.07) is 4.62. The Labute approximate surface area is 144 Å². The number of carbonyl (C=O) groups is 1. The number of hydrogen-bond donors (Lipinski definition) is 1. The van der Waals surface area contributed by atoms with Crippen LogP contribution in [0, 0.1) is 0 Å². The van der Waals surface area contributed by atoms with Crippen molar-refractivity contribution in [1.82, 2.24) is 4.90 Å². The monoisotopic (exact) mass is 358 g/mol. The van der Waals surface area contributed by atoms with Crippen molar-refractivity contribution in [2.75, 3.05) is 38.7 Å². The van der Waals surface area contributed by atoms with E-state index in [0.717, 1.165) is 25.0 Å². The molecule has 2 aliphatic rings. The summed E-state index contributed by atoms with van der Waals surface area (Å²) in [6.07, 6.45) is -2.69. The molecule has 2 atom stereocenters. The zero-order valence-electron chi connectivity index (χ0n) is 13.9. The lowest BCUT2D eigenvalue weighted by Crippen LogP contribution is -2.42. The van der Waals surface area contributed by atoms with Crippen LogP contribution in [0.25, 0.3) is 0 Å². The third-order valence-electron chi connectivity index (χ3n) is 4.76. The maximum absolute atomic E-state index is 12.7. The summed E-state index contributed by atoms with van der Waals surface area (Å²) >= 11 is 0. The van der Waals surface area contributed by atoms with E-state index in [-0.39, 0.29) is 29.8 Å². The van der Waals surface area contributed by atoms with Gasteiger partial charge in [0.25, 0.3) is 0 Å². The number of hydrogen-bond acceptors (Lipinski definition) is 4. The molecule has 0 saturated carbocycles. The van der Waals surface area contributed by atoms with Gasteiger partial charge in [-0.25, -0.2) is 0 Å². The van der Waals surface area contributed by atoms with Gasteiger partial charge in [0.1, 0.15) is 5.60 Å². The van der Waals surface area contributed by atoms with E-state index >= 15 is 0 Å². The van der Waals surface area contributed by atoms with Gasteiger partial charge in [0.15, 0.2) is 0 Å². The summed E-state index contributed by atoms with van der Waals surface area (Å²) in [6.45, 7) is 1.92. The number of nitrogens with zero attached hydrogens (tertiary/aromatic N) is 1. The van der Waals surface area contributed by atoms with Crippen LogP contribution in [0.4, 0.5) is 18.9 Å². The second-order valence-corrected chi connectivity index (χ2v) is 6.54. The first-order valence-corrected chi connectivity index (χ1v) is 8.19. The summed E-state index contributed by atoms with van der Waals surface area (Å²) in [4.78, 5) is 14.1. The van der Waals surface area contributed by atoms with Crippen LogP contribution in [0.15, 0.2) is 24.3 Å². The number of halogens is 3. The smallest absolute Gasteiger partial charge is 0.377 e. The number of alkyl halides is 3. The molecule has 25 heavy (non-hydrogen) atoms. The van der Waals surface area contributed by atoms with Gasteiger partial charge in [-0.05, 0) is 31.0 Å². The Morgan fingerprint density at radius 3 is 2.92 bits per heavy atom. The molecule has 0 radical (unpaired) electrons. The molecule has 0 aromatic heterocycles. The molecule has 1 aromatic carbocycles. The molecule has 3 rings (SSSR count). The van der Waals surface area contributed by atoms with Crippen LogP contribution in [0.1, 0.15) is 18.4 Å². The molecule has 1 N–H and O–H groups in total. The van der Waals surface area contributed by atoms with E-state index in [1.807, 2.05) is 4.90 Å². The van der Waals surface area contributed by atoms with Crippen molar-refractivity contribution in [3.8, 4) is 0 Å². The minimum Gasteiger partial charge on any atom is -0.377 e. The summed E-state index contributed by atoms with van der Waals surface area (Å²) in [5.41, 5.74) is -1.02. The Morgan fingerprint density at radius 2 is 2.28 bits per heavy atom. The minimum atomic E-state index is -4.44. The molecular formula is C17H21F3N2O3. The average molecular weight is 358 g/mol. The molecule has 2 fully saturated rings. The zero-order valence-corrected chi connectivity index (χ0v) is 13.9. The van der Waals surface area contributed by atoms with E-state index < -0.39 is 11.7 Å². The first-order chi connectivity index (χ1) is 11.8. The molecular weight excluding hydrogens is 337 g/mol. The number of carbonyl (C=O) groups excluding carboxylic acids is 1. The molecule has 0 aliphatic carbocycles. The normalized spacial score (nSPS) is 27.1. The fourth-order valence-corrected chi connectivity index (χ4v) is 3.63. The lowest BCUT2D eigenvalue weighted by molar-refractivity contribution is -0.137. The molecule has 1 aromatic rings. The fraction of sp³-hybridized carbons (Fsp3) is 0.588. The molecule has 138 valence electrons. The van der Waals surface area contributed by atoms with Gasteiger partial charge < -0.3 is 14.8 Å². The van der Waals surface area contributed by atoms with Crippen molar-refractivity contribution < 1.29 is 27.4 Å². The standard InChI is InChI=1S/C17H21F3N2O3/c1-24-14-9-22(11-16(14)6-3-7-25-16)10-15(23)21-13-5-2-4-12(8-13)17(18,19)20/h2,4-5,8,14H,3,6-7,9-11H2,1H3,(H,21,23)/t14-,16-/m1/s1. The number of rotatable bonds is 4. The van der Waals surface area contributed by atoms with Gasteiger partial charge >= 0.3 is 6.18 Å². The lowest BCUT2D eigenvalue weighted by Gasteiger charge is -2.28. The van der Waals surface area contributed by atoms with Gasteiger partial charge in [0.2, 0.25) is 5.91 Å². The highest BCUT2D eigenvalue weighted by molar-refractivity contribution is 5.92. The van der Waals surface area contributed by atoms with Crippen LogP contribution in [0.2, 0.25) is 0 Å². The van der Waals surface area contributed by atoms with Gasteiger partial charge in [0.05, 0.1) is 18.2 Å². The number of anilines is 1. The Morgan fingerprint density at radius 1 is 1.48 bits per heavy atom. The molecule has 1 amide bonds. The first kappa shape index (κ1) is 18.2. The molecule has 8 heteroatoms. The quantitative estimate of drug-likeness (QED) is 0.899. The Balaban J connectivity index is 1.60. The van der Waals surface area contributed by atoms with E-state index in [1.165, 1.54) is 12.1 Å². The highest BCUT2D eigenvalue weighted by Gasteiger charge is 2.50. The Kier molecular flexibility index (Phi) is 5.04. The van der Waals surface area contributed by atoms with Crippen LogP contribution in [0.3, 0.4) is 0 Å². The molecule has 2 heterocycles. The zero-order chi connectivity index (χ0) is 18.1. The van der Waals surface area contributed by atoms with Gasteiger partial charge in [-0.2, -0.15) is 13.2 Å². The van der Waals surface area contributed by atoms with Crippen LogP contribution in [-0.4, -0.2) is 55.9 Å². The van der Waals surface area contributed by atoms with Crippen LogP contribution < -0.4 is 5.32 Å². The number of ether oxygens (including phenoxy) is 2. The highest BCUT2D eigenvalue weighted by Crippen LogP contribution is 2.36. The van der Waals surface area contributed by atoms with Crippen molar-refractivity contribution in [2.24, 2.45) is 0 Å². The number of amides is 1. The third kappa shape index (κ3) is 3.96. The number of methoxy groups -OCH3 is 1. The van der Waals surface area contributed by atoms with Crippen molar-refractivity contribution in [3.05, 3.63) is 29.8 Å². The second kappa shape index (κ2) is 6.93. The van der Waals surface area contributed by atoms with Gasteiger partial charge in [-0.3, -0.25) is 9.69 Å². The maximum atomic E-state index is 12.7. The van der Waals surface area contributed by atoms with Crippen LogP contribution >= 0.6 is 0 Å². The maximum Gasteiger partial charge on any atom is 0.416 e. The number of benzene rings is 1. The minimum absolute atomic E-state index is 0.0845. The van der Waals surface area contributed by atoms with Crippen molar-refractivity contribution in [2.45, 2.75) is 30.7 Å². The summed E-state index contributed by atoms with van der Waals surface area (Å²) in [5, 5.41) is 2.53. The number of nitrogens with one attached hydrogen (secondary N) is 1. The molecule has 2 saturated heterocycles. The predicted octanol–water partition coefficient (Wildman–Crippen LogP) is 2.52. The van der Waals surface area contributed by atoms with E-state index in [2.05, 4.69) is 5.32 Å². The SMILES string of the molecule is CO[C@@H]1CN(CC(=O)Nc2cccc(C(F)(F)F)c2)C[C@]12CCCO2. The first-order valence-electron chi connectivity index (χ1n) is 8.19. The third-order valence-corrected chi connectivity index (χ3v) is 4.76. The van der Waals surface area contributed by atoms with E-state index in [4.69, 9.17) is 9.47 Å². The van der Waals surface area contributed by atoms with Gasteiger partial charge in [-0.15, -0.1) is 0 Å². The summed E-state index contributed by atoms with van der Waals surface area (Å²) in [7, 11) is 1.63. The van der Waals surface area contributed by atoms with Crippen LogP contribution in [0.5, 0.6) is 0 Å². The molecule has 5 nitrogen and oxygen atoms in total. The van der Waals surface area contributed by atoms with Gasteiger partial charge in [-0.1, -0.05) is 6.07 Å². The topological polar surface area (TPSA) is 50.8 Å². The fourth-order valence-electron chi connectivity index (χ4n) is 3.63. The Hall–Kier alpha value is -1.64. The molecule has 0 unspecified atom stereocenters. The number of likely N-dealkylation sites (tertiary alicyclic amines) is 1. The molecule has 2 aliphatic heterocycles. The Bertz CT molecular complexity index is 630. The lowest BCUT2D eigenvalue weighted by atomic mass is 9.97. The molecule has 0 bridgehead atoms. The highest BCUT2D eigenvalue weighted by atomic mass is 19.4. The second-order valence-electron chi connectivity index (χ2n) is 6.54. The van der Waals surface area contributed by atoms with Gasteiger partial charge in [0, 0.05) is 32.5 Å². The van der Waals surface area contributed by atoms with E-state index in [1.54, 1.807) is 7.11 Å². The summed E-state index contributed by atoms with van der Waals surface area (Å²) < 4.78 is 49.6.